The van der Waals surface area contributed by atoms with Crippen molar-refractivity contribution in [3.63, 3.8) is 0 Å². The smallest absolute Gasteiger partial charge is 0.221 e. The molecule has 7 heteroatoms. The van der Waals surface area contributed by atoms with E-state index in [0.29, 0.717) is 0 Å². The molecule has 1 amide bonds. The lowest BCUT2D eigenvalue weighted by Crippen LogP contribution is -2.48. The van der Waals surface area contributed by atoms with Crippen LogP contribution in [0, 0.1) is 5.82 Å². The Hall–Kier alpha value is -1.27. The molecule has 1 fully saturated rings. The van der Waals surface area contributed by atoms with Crippen LogP contribution in [0.15, 0.2) is 18.2 Å². The Kier molecular flexibility index (Phi) is 4.01. The Balaban J connectivity index is 2.45. The average Bonchev–Trinajstić information content (AvgIpc) is 2.73. The van der Waals surface area contributed by atoms with Gasteiger partial charge in [-0.3, -0.25) is 4.79 Å². The fourth-order valence-electron chi connectivity index (χ4n) is 2.04. The first-order valence-electron chi connectivity index (χ1n) is 5.48. The number of amides is 1. The molecule has 2 rings (SSSR count). The number of carboxylic acid groups (broad SMARTS) is 1. The molecule has 2 atom stereocenters. The molecular weight excluding hydrogens is 293 g/mol. The maximum Gasteiger partial charge on any atom is 0.221 e. The second kappa shape index (κ2) is 5.38. The van der Waals surface area contributed by atoms with Gasteiger partial charge in [0.25, 0.3) is 0 Å². The minimum atomic E-state index is -1.35. The van der Waals surface area contributed by atoms with E-state index < -0.39 is 29.1 Å². The number of hydrogen-bond acceptors (Lipinski definition) is 4. The van der Waals surface area contributed by atoms with Crippen LogP contribution in [0.5, 0.6) is 0 Å². The highest BCUT2D eigenvalue weighted by atomic mass is 35.5. The molecule has 1 aromatic rings. The van der Waals surface area contributed by atoms with Crippen LogP contribution in [0.25, 0.3) is 0 Å². The summed E-state index contributed by atoms with van der Waals surface area (Å²) in [6.07, 6.45) is 0. The third-order valence-corrected chi connectivity index (χ3v) is 4.50. The number of carbonyl (C=O) groups is 2. The summed E-state index contributed by atoms with van der Waals surface area (Å²) in [6, 6.07) is 3.12. The molecule has 0 unspecified atom stereocenters. The van der Waals surface area contributed by atoms with Gasteiger partial charge < -0.3 is 14.8 Å². The van der Waals surface area contributed by atoms with Crippen LogP contribution >= 0.6 is 23.4 Å². The van der Waals surface area contributed by atoms with Crippen molar-refractivity contribution in [1.82, 2.24) is 4.90 Å². The van der Waals surface area contributed by atoms with Crippen LogP contribution in [-0.4, -0.2) is 28.6 Å². The second-order valence-electron chi connectivity index (χ2n) is 4.08. The van der Waals surface area contributed by atoms with Crippen molar-refractivity contribution in [1.29, 1.82) is 0 Å². The summed E-state index contributed by atoms with van der Waals surface area (Å²) in [6.45, 7) is 1.24. The third kappa shape index (κ3) is 2.55. The van der Waals surface area contributed by atoms with E-state index in [1.54, 1.807) is 0 Å². The number of carboxylic acids is 1. The van der Waals surface area contributed by atoms with E-state index in [4.69, 9.17) is 11.6 Å². The van der Waals surface area contributed by atoms with Crippen molar-refractivity contribution < 1.29 is 19.1 Å². The maximum atomic E-state index is 13.9. The number of rotatable bonds is 2. The van der Waals surface area contributed by atoms with Gasteiger partial charge in [-0.2, -0.15) is 0 Å². The Morgan fingerprint density at radius 2 is 2.21 bits per heavy atom. The van der Waals surface area contributed by atoms with E-state index in [-0.39, 0.29) is 16.3 Å². The summed E-state index contributed by atoms with van der Waals surface area (Å²) in [5.74, 6) is -2.21. The number of aliphatic carboxylic acids is 1. The molecule has 0 radical (unpaired) electrons. The molecule has 102 valence electrons. The fraction of sp³-hybridized carbons (Fsp3) is 0.333. The topological polar surface area (TPSA) is 60.4 Å². The van der Waals surface area contributed by atoms with E-state index in [9.17, 15) is 19.1 Å². The summed E-state index contributed by atoms with van der Waals surface area (Å²) in [5.41, 5.74) is 0.133. The normalized spacial score (nSPS) is 22.6. The molecule has 4 nitrogen and oxygen atoms in total. The summed E-state index contributed by atoms with van der Waals surface area (Å²) in [4.78, 5) is 23.7. The number of carbonyl (C=O) groups excluding carboxylic acids is 2. The Morgan fingerprint density at radius 1 is 1.53 bits per heavy atom. The Labute approximate surface area is 118 Å². The zero-order valence-electron chi connectivity index (χ0n) is 9.93. The highest BCUT2D eigenvalue weighted by Gasteiger charge is 2.39. The summed E-state index contributed by atoms with van der Waals surface area (Å²) in [5, 5.41) is 10.4. The predicted molar refractivity (Wildman–Crippen MR) is 67.9 cm³/mol. The zero-order chi connectivity index (χ0) is 14.2. The summed E-state index contributed by atoms with van der Waals surface area (Å²) >= 11 is 7.11. The van der Waals surface area contributed by atoms with Gasteiger partial charge in [-0.25, -0.2) is 4.39 Å². The van der Waals surface area contributed by atoms with Crippen LogP contribution in [-0.2, 0) is 9.59 Å². The second-order valence-corrected chi connectivity index (χ2v) is 5.60. The lowest BCUT2D eigenvalue weighted by Gasteiger charge is -2.29. The van der Waals surface area contributed by atoms with Gasteiger partial charge in [-0.05, 0) is 12.1 Å². The lowest BCUT2D eigenvalue weighted by molar-refractivity contribution is -0.310. The summed E-state index contributed by atoms with van der Waals surface area (Å²) in [7, 11) is 0. The molecular formula is C12H10ClFNO3S-. The maximum absolute atomic E-state index is 13.9. The van der Waals surface area contributed by atoms with Crippen molar-refractivity contribution in [2.45, 2.75) is 18.3 Å². The van der Waals surface area contributed by atoms with Gasteiger partial charge in [0.15, 0.2) is 0 Å². The molecule has 0 spiro atoms. The summed E-state index contributed by atoms with van der Waals surface area (Å²) < 4.78 is 13.9. The molecule has 0 aromatic heterocycles. The average molecular weight is 303 g/mol. The first kappa shape index (κ1) is 14.1. The molecule has 1 saturated heterocycles. The van der Waals surface area contributed by atoms with Gasteiger partial charge in [-0.15, -0.1) is 11.8 Å². The van der Waals surface area contributed by atoms with E-state index in [0.717, 1.165) is 16.7 Å². The van der Waals surface area contributed by atoms with Crippen LogP contribution in [0.1, 0.15) is 17.9 Å². The van der Waals surface area contributed by atoms with Crippen molar-refractivity contribution in [2.75, 3.05) is 5.75 Å². The molecule has 1 aromatic carbocycles. The van der Waals surface area contributed by atoms with Crippen LogP contribution in [0.4, 0.5) is 4.39 Å². The quantitative estimate of drug-likeness (QED) is 0.823. The molecule has 1 aliphatic heterocycles. The van der Waals surface area contributed by atoms with Crippen molar-refractivity contribution in [3.05, 3.63) is 34.6 Å². The van der Waals surface area contributed by atoms with Crippen molar-refractivity contribution in [2.24, 2.45) is 0 Å². The fourth-order valence-corrected chi connectivity index (χ4v) is 3.90. The van der Waals surface area contributed by atoms with Crippen LogP contribution < -0.4 is 5.11 Å². The highest BCUT2D eigenvalue weighted by Crippen LogP contribution is 2.44. The first-order valence-corrected chi connectivity index (χ1v) is 6.91. The van der Waals surface area contributed by atoms with E-state index in [1.165, 1.54) is 25.1 Å². The Bertz CT molecular complexity index is 519. The molecule has 0 N–H and O–H groups in total. The first-order chi connectivity index (χ1) is 8.93. The lowest BCUT2D eigenvalue weighted by atomic mass is 10.1. The Morgan fingerprint density at radius 3 is 2.74 bits per heavy atom. The van der Waals surface area contributed by atoms with Crippen LogP contribution in [0.2, 0.25) is 5.02 Å². The standard InChI is InChI=1S/C12H11ClFNO3S/c1-6(16)15-9(12(17)18)5-19-11(15)10-7(13)3-2-4-8(10)14/h2-4,9,11H,5H2,1H3,(H,17,18)/p-1/t9-,11-/m1/s1. The molecule has 1 heterocycles. The van der Waals surface area contributed by atoms with E-state index in [2.05, 4.69) is 0 Å². The predicted octanol–water partition coefficient (Wildman–Crippen LogP) is 1.19. The van der Waals surface area contributed by atoms with E-state index in [1.807, 2.05) is 0 Å². The minimum absolute atomic E-state index is 0.133. The van der Waals surface area contributed by atoms with Crippen molar-refractivity contribution in [3.8, 4) is 0 Å². The minimum Gasteiger partial charge on any atom is -0.548 e. The van der Waals surface area contributed by atoms with Gasteiger partial charge in [0, 0.05) is 23.3 Å². The molecule has 1 aliphatic rings. The SMILES string of the molecule is CC(=O)N1[C@@H](C(=O)[O-])CS[C@@H]1c1c(F)cccc1Cl. The molecule has 19 heavy (non-hydrogen) atoms. The van der Waals surface area contributed by atoms with Crippen LogP contribution in [0.3, 0.4) is 0 Å². The molecule has 0 saturated carbocycles. The zero-order valence-corrected chi connectivity index (χ0v) is 11.5. The van der Waals surface area contributed by atoms with Gasteiger partial charge in [0.05, 0.1) is 12.0 Å². The number of thioether (sulfide) groups is 1. The van der Waals surface area contributed by atoms with Gasteiger partial charge in [0.2, 0.25) is 5.91 Å². The van der Waals surface area contributed by atoms with E-state index >= 15 is 0 Å². The van der Waals surface area contributed by atoms with Crippen molar-refractivity contribution >= 4 is 35.2 Å². The highest BCUT2D eigenvalue weighted by molar-refractivity contribution is 7.99. The number of hydrogen-bond donors (Lipinski definition) is 0. The third-order valence-electron chi connectivity index (χ3n) is 2.88. The molecule has 0 bridgehead atoms. The number of halogens is 2. The van der Waals surface area contributed by atoms with Gasteiger partial charge in [0.1, 0.15) is 11.2 Å². The largest absolute Gasteiger partial charge is 0.548 e. The van der Waals surface area contributed by atoms with Gasteiger partial charge in [-0.1, -0.05) is 17.7 Å². The van der Waals surface area contributed by atoms with Gasteiger partial charge >= 0.3 is 0 Å². The number of benzene rings is 1. The molecule has 0 aliphatic carbocycles. The number of nitrogens with zero attached hydrogens (tertiary/aromatic N) is 1. The monoisotopic (exact) mass is 302 g/mol.